The van der Waals surface area contributed by atoms with E-state index in [0.717, 1.165) is 48.2 Å². The van der Waals surface area contributed by atoms with Crippen molar-refractivity contribution in [2.75, 3.05) is 19.8 Å². The number of halogens is 1. The standard InChI is InChI=1S/C14H17BrO3S/c15-11-2-8-19-13(11)12(16)10-1-5-18-14(9-10)3-6-17-7-4-14/h2,8,10H,1,3-7,9H2. The van der Waals surface area contributed by atoms with Gasteiger partial charge in [-0.2, -0.15) is 0 Å². The molecule has 1 aromatic heterocycles. The zero-order valence-corrected chi connectivity index (χ0v) is 13.1. The van der Waals surface area contributed by atoms with Gasteiger partial charge in [0.15, 0.2) is 5.78 Å². The SMILES string of the molecule is O=C(c1sccc1Br)C1CCOC2(CCOCC2)C1. The summed E-state index contributed by atoms with van der Waals surface area (Å²) < 4.78 is 12.3. The fraction of sp³-hybridized carbons (Fsp3) is 0.643. The van der Waals surface area contributed by atoms with Crippen molar-refractivity contribution >= 4 is 33.0 Å². The summed E-state index contributed by atoms with van der Waals surface area (Å²) in [6.45, 7) is 2.20. The molecule has 0 aromatic carbocycles. The van der Waals surface area contributed by atoms with Gasteiger partial charge < -0.3 is 9.47 Å². The summed E-state index contributed by atoms with van der Waals surface area (Å²) in [5, 5.41) is 1.96. The number of thiophene rings is 1. The first-order valence-corrected chi connectivity index (χ1v) is 8.36. The minimum absolute atomic E-state index is 0.0989. The Bertz CT molecular complexity index is 460. The fourth-order valence-corrected chi connectivity index (χ4v) is 4.58. The van der Waals surface area contributed by atoms with Gasteiger partial charge in [0, 0.05) is 30.2 Å². The number of rotatable bonds is 2. The van der Waals surface area contributed by atoms with E-state index in [1.807, 2.05) is 11.4 Å². The first-order chi connectivity index (χ1) is 9.20. The Kier molecular flexibility index (Phi) is 4.08. The number of hydrogen-bond acceptors (Lipinski definition) is 4. The molecule has 1 atom stereocenters. The summed E-state index contributed by atoms with van der Waals surface area (Å²) in [5.74, 6) is 0.373. The van der Waals surface area contributed by atoms with Gasteiger partial charge in [0.2, 0.25) is 0 Å². The van der Waals surface area contributed by atoms with Crippen LogP contribution in [0.5, 0.6) is 0 Å². The van der Waals surface area contributed by atoms with Crippen molar-refractivity contribution in [2.45, 2.75) is 31.3 Å². The van der Waals surface area contributed by atoms with Crippen LogP contribution in [0, 0.1) is 5.92 Å². The molecule has 2 saturated heterocycles. The van der Waals surface area contributed by atoms with Crippen LogP contribution in [0.3, 0.4) is 0 Å². The molecule has 5 heteroatoms. The zero-order chi connectivity index (χ0) is 13.3. The van der Waals surface area contributed by atoms with Gasteiger partial charge >= 0.3 is 0 Å². The first kappa shape index (κ1) is 13.7. The van der Waals surface area contributed by atoms with Crippen molar-refractivity contribution in [2.24, 2.45) is 5.92 Å². The highest BCUT2D eigenvalue weighted by molar-refractivity contribution is 9.10. The molecule has 0 saturated carbocycles. The lowest BCUT2D eigenvalue weighted by Crippen LogP contribution is -2.45. The van der Waals surface area contributed by atoms with Crippen LogP contribution >= 0.6 is 27.3 Å². The molecule has 2 aliphatic heterocycles. The number of ether oxygens (including phenoxy) is 2. The molecule has 0 amide bonds. The van der Waals surface area contributed by atoms with E-state index in [9.17, 15) is 4.79 Å². The molecular weight excluding hydrogens is 328 g/mol. The lowest BCUT2D eigenvalue weighted by atomic mass is 9.79. The van der Waals surface area contributed by atoms with Gasteiger partial charge in [0.05, 0.1) is 10.5 Å². The quantitative estimate of drug-likeness (QED) is 0.768. The Morgan fingerprint density at radius 2 is 2.16 bits per heavy atom. The third-order valence-electron chi connectivity index (χ3n) is 4.11. The lowest BCUT2D eigenvalue weighted by Gasteiger charge is -2.42. The highest BCUT2D eigenvalue weighted by Gasteiger charge is 2.41. The highest BCUT2D eigenvalue weighted by atomic mass is 79.9. The third kappa shape index (κ3) is 2.79. The van der Waals surface area contributed by atoms with E-state index >= 15 is 0 Å². The van der Waals surface area contributed by atoms with Crippen molar-refractivity contribution in [3.8, 4) is 0 Å². The Labute approximate surface area is 125 Å². The van der Waals surface area contributed by atoms with E-state index in [2.05, 4.69) is 15.9 Å². The van der Waals surface area contributed by atoms with Crippen LogP contribution in [0.2, 0.25) is 0 Å². The van der Waals surface area contributed by atoms with Crippen LogP contribution in [0.15, 0.2) is 15.9 Å². The van der Waals surface area contributed by atoms with E-state index in [-0.39, 0.29) is 17.3 Å². The topological polar surface area (TPSA) is 35.5 Å². The van der Waals surface area contributed by atoms with Crippen molar-refractivity contribution < 1.29 is 14.3 Å². The summed E-state index contributed by atoms with van der Waals surface area (Å²) in [6, 6.07) is 1.95. The molecule has 1 unspecified atom stereocenters. The monoisotopic (exact) mass is 344 g/mol. The molecule has 19 heavy (non-hydrogen) atoms. The molecule has 0 N–H and O–H groups in total. The molecule has 0 bridgehead atoms. The molecular formula is C14H17BrO3S. The minimum Gasteiger partial charge on any atom is -0.381 e. The van der Waals surface area contributed by atoms with Gasteiger partial charge in [0.25, 0.3) is 0 Å². The van der Waals surface area contributed by atoms with E-state index in [4.69, 9.17) is 9.47 Å². The second-order valence-electron chi connectivity index (χ2n) is 5.30. The average molecular weight is 345 g/mol. The van der Waals surface area contributed by atoms with E-state index in [1.165, 1.54) is 11.3 Å². The Hall–Kier alpha value is -0.230. The minimum atomic E-state index is -0.111. The summed E-state index contributed by atoms with van der Waals surface area (Å²) in [7, 11) is 0. The number of ketones is 1. The second-order valence-corrected chi connectivity index (χ2v) is 7.07. The Morgan fingerprint density at radius 3 is 2.84 bits per heavy atom. The summed E-state index contributed by atoms with van der Waals surface area (Å²) >= 11 is 4.98. The maximum absolute atomic E-state index is 12.6. The third-order valence-corrected chi connectivity index (χ3v) is 5.96. The molecule has 1 spiro atoms. The van der Waals surface area contributed by atoms with E-state index < -0.39 is 0 Å². The van der Waals surface area contributed by atoms with Crippen molar-refractivity contribution in [1.29, 1.82) is 0 Å². The molecule has 104 valence electrons. The van der Waals surface area contributed by atoms with Crippen LogP contribution < -0.4 is 0 Å². The second kappa shape index (κ2) is 5.64. The van der Waals surface area contributed by atoms with Crippen molar-refractivity contribution in [3.63, 3.8) is 0 Å². The van der Waals surface area contributed by atoms with Gasteiger partial charge in [-0.25, -0.2) is 0 Å². The zero-order valence-electron chi connectivity index (χ0n) is 10.7. The smallest absolute Gasteiger partial charge is 0.177 e. The van der Waals surface area contributed by atoms with Crippen molar-refractivity contribution in [1.82, 2.24) is 0 Å². The molecule has 2 fully saturated rings. The van der Waals surface area contributed by atoms with Crippen LogP contribution in [-0.2, 0) is 9.47 Å². The number of Topliss-reactive ketones (excluding diaryl/α,β-unsaturated/α-hetero) is 1. The average Bonchev–Trinajstić information content (AvgIpc) is 2.85. The Balaban J connectivity index is 1.74. The summed E-state index contributed by atoms with van der Waals surface area (Å²) in [5.41, 5.74) is -0.111. The molecule has 3 rings (SSSR count). The van der Waals surface area contributed by atoms with Crippen LogP contribution in [0.4, 0.5) is 0 Å². The maximum Gasteiger partial charge on any atom is 0.177 e. The van der Waals surface area contributed by atoms with Gasteiger partial charge in [-0.3, -0.25) is 4.79 Å². The van der Waals surface area contributed by atoms with E-state index in [1.54, 1.807) is 0 Å². The molecule has 3 heterocycles. The van der Waals surface area contributed by atoms with Crippen LogP contribution in [-0.4, -0.2) is 31.2 Å². The number of carbonyl (C=O) groups excluding carboxylic acids is 1. The molecule has 1 aromatic rings. The predicted octanol–water partition coefficient (Wildman–Crippen LogP) is 3.67. The molecule has 0 aliphatic carbocycles. The lowest BCUT2D eigenvalue weighted by molar-refractivity contribution is -0.142. The predicted molar refractivity (Wildman–Crippen MR) is 77.8 cm³/mol. The molecule has 2 aliphatic rings. The molecule has 3 nitrogen and oxygen atoms in total. The fourth-order valence-electron chi connectivity index (χ4n) is 3.00. The van der Waals surface area contributed by atoms with Gasteiger partial charge in [0.1, 0.15) is 0 Å². The van der Waals surface area contributed by atoms with Crippen LogP contribution in [0.25, 0.3) is 0 Å². The number of carbonyl (C=O) groups is 1. The largest absolute Gasteiger partial charge is 0.381 e. The highest BCUT2D eigenvalue weighted by Crippen LogP contribution is 2.39. The van der Waals surface area contributed by atoms with Gasteiger partial charge in [-0.15, -0.1) is 11.3 Å². The van der Waals surface area contributed by atoms with Gasteiger partial charge in [-0.1, -0.05) is 0 Å². The van der Waals surface area contributed by atoms with Crippen LogP contribution in [0.1, 0.15) is 35.4 Å². The van der Waals surface area contributed by atoms with Gasteiger partial charge in [-0.05, 0) is 53.1 Å². The maximum atomic E-state index is 12.6. The number of hydrogen-bond donors (Lipinski definition) is 0. The first-order valence-electron chi connectivity index (χ1n) is 6.69. The normalized spacial score (nSPS) is 26.5. The Morgan fingerprint density at radius 1 is 1.37 bits per heavy atom. The summed E-state index contributed by atoms with van der Waals surface area (Å²) in [6.07, 6.45) is 3.52. The van der Waals surface area contributed by atoms with E-state index in [0.29, 0.717) is 6.61 Å². The summed E-state index contributed by atoms with van der Waals surface area (Å²) in [4.78, 5) is 13.5. The molecule has 0 radical (unpaired) electrons. The van der Waals surface area contributed by atoms with Crippen molar-refractivity contribution in [3.05, 3.63) is 20.8 Å².